The first-order chi connectivity index (χ1) is 14.4. The highest BCUT2D eigenvalue weighted by Crippen LogP contribution is 2.37. The molecule has 0 saturated carbocycles. The molecule has 5 heteroatoms. The van der Waals surface area contributed by atoms with Gasteiger partial charge in [-0.3, -0.25) is 0 Å². The van der Waals surface area contributed by atoms with Gasteiger partial charge in [0, 0.05) is 0 Å². The summed E-state index contributed by atoms with van der Waals surface area (Å²) in [7, 11) is -2.64. The Labute approximate surface area is 181 Å². The first kappa shape index (κ1) is 22.9. The lowest BCUT2D eigenvalue weighted by Gasteiger charge is -2.44. The normalized spacial score (nSPS) is 24.1. The smallest absolute Gasteiger partial charge is 0.261 e. The molecule has 0 spiro atoms. The molecule has 0 radical (unpaired) electrons. The molecule has 1 aliphatic heterocycles. The Kier molecular flexibility index (Phi) is 7.66. The van der Waals surface area contributed by atoms with Crippen molar-refractivity contribution in [2.75, 3.05) is 13.2 Å². The maximum Gasteiger partial charge on any atom is 0.261 e. The van der Waals surface area contributed by atoms with E-state index in [9.17, 15) is 10.2 Å². The van der Waals surface area contributed by atoms with Crippen LogP contribution in [0, 0.1) is 0 Å². The van der Waals surface area contributed by atoms with Crippen LogP contribution in [-0.4, -0.2) is 50.1 Å². The summed E-state index contributed by atoms with van der Waals surface area (Å²) in [5, 5.41) is 22.2. The largest absolute Gasteiger partial charge is 0.405 e. The van der Waals surface area contributed by atoms with Gasteiger partial charge in [-0.25, -0.2) is 0 Å². The van der Waals surface area contributed by atoms with Gasteiger partial charge in [-0.05, 0) is 28.3 Å². The van der Waals surface area contributed by atoms with Crippen molar-refractivity contribution in [3.05, 3.63) is 72.8 Å². The lowest BCUT2D eigenvalue weighted by Crippen LogP contribution is -2.67. The van der Waals surface area contributed by atoms with Gasteiger partial charge in [0.05, 0.1) is 25.4 Å². The number of aliphatic hydroxyl groups is 2. The molecule has 0 fully saturated rings. The summed E-state index contributed by atoms with van der Waals surface area (Å²) in [6.45, 7) is 6.95. The van der Waals surface area contributed by atoms with Gasteiger partial charge in [-0.1, -0.05) is 93.6 Å². The lowest BCUT2D eigenvalue weighted by atomic mass is 10.1. The molecule has 0 saturated heterocycles. The van der Waals surface area contributed by atoms with Crippen LogP contribution in [0.3, 0.4) is 0 Å². The number of aliphatic hydroxyl groups excluding tert-OH is 2. The second kappa shape index (κ2) is 10.0. The molecule has 30 heavy (non-hydrogen) atoms. The second-order valence-corrected chi connectivity index (χ2v) is 13.3. The van der Waals surface area contributed by atoms with E-state index in [1.54, 1.807) is 0 Å². The van der Waals surface area contributed by atoms with Crippen LogP contribution in [0.2, 0.25) is 5.04 Å². The molecule has 0 aromatic heterocycles. The highest BCUT2D eigenvalue weighted by Gasteiger charge is 2.50. The van der Waals surface area contributed by atoms with Crippen LogP contribution < -0.4 is 10.4 Å². The van der Waals surface area contributed by atoms with E-state index in [0.29, 0.717) is 19.4 Å². The number of rotatable bonds is 6. The zero-order chi connectivity index (χ0) is 21.6. The Bertz CT molecular complexity index is 761. The first-order valence-corrected chi connectivity index (χ1v) is 12.6. The summed E-state index contributed by atoms with van der Waals surface area (Å²) >= 11 is 0. The van der Waals surface area contributed by atoms with Crippen LogP contribution in [0.1, 0.15) is 33.6 Å². The minimum absolute atomic E-state index is 0.108. The van der Waals surface area contributed by atoms with E-state index in [0.717, 1.165) is 0 Å². The number of hydrogen-bond acceptors (Lipinski definition) is 4. The summed E-state index contributed by atoms with van der Waals surface area (Å²) in [5.41, 5.74) is 0. The summed E-state index contributed by atoms with van der Waals surface area (Å²) < 4.78 is 13.0. The van der Waals surface area contributed by atoms with Crippen molar-refractivity contribution in [3.8, 4) is 0 Å². The van der Waals surface area contributed by atoms with Crippen molar-refractivity contribution in [2.45, 2.75) is 57.0 Å². The molecule has 2 aromatic carbocycles. The van der Waals surface area contributed by atoms with E-state index >= 15 is 0 Å². The molecule has 0 amide bonds. The van der Waals surface area contributed by atoms with Gasteiger partial charge in [0.2, 0.25) is 0 Å². The Morgan fingerprint density at radius 3 is 1.97 bits per heavy atom. The molecule has 3 rings (SSSR count). The maximum atomic E-state index is 10.2. The first-order valence-electron chi connectivity index (χ1n) is 10.7. The van der Waals surface area contributed by atoms with Crippen LogP contribution >= 0.6 is 0 Å². The van der Waals surface area contributed by atoms with E-state index in [1.165, 1.54) is 10.4 Å². The van der Waals surface area contributed by atoms with Crippen LogP contribution in [0.5, 0.6) is 0 Å². The average Bonchev–Trinajstić information content (AvgIpc) is 2.73. The summed E-state index contributed by atoms with van der Waals surface area (Å²) in [6.07, 6.45) is 3.66. The third kappa shape index (κ3) is 4.93. The number of ether oxygens (including phenoxy) is 1. The second-order valence-electron chi connectivity index (χ2n) is 8.96. The highest BCUT2D eigenvalue weighted by molar-refractivity contribution is 6.99. The summed E-state index contributed by atoms with van der Waals surface area (Å²) in [5.74, 6) is 0. The summed E-state index contributed by atoms with van der Waals surface area (Å²) in [4.78, 5) is 0. The fourth-order valence-corrected chi connectivity index (χ4v) is 8.87. The molecule has 2 N–H and O–H groups in total. The third-order valence-corrected chi connectivity index (χ3v) is 10.8. The zero-order valence-corrected chi connectivity index (χ0v) is 19.2. The quantitative estimate of drug-likeness (QED) is 0.551. The number of benzene rings is 2. The van der Waals surface area contributed by atoms with E-state index in [-0.39, 0.29) is 17.7 Å². The molecule has 162 valence electrons. The van der Waals surface area contributed by atoms with Crippen molar-refractivity contribution >= 4 is 18.7 Å². The fourth-order valence-electron chi connectivity index (χ4n) is 4.28. The van der Waals surface area contributed by atoms with Gasteiger partial charge in [-0.2, -0.15) is 0 Å². The number of hydrogen-bond donors (Lipinski definition) is 2. The van der Waals surface area contributed by atoms with Crippen molar-refractivity contribution in [2.24, 2.45) is 0 Å². The molecule has 0 unspecified atom stereocenters. The van der Waals surface area contributed by atoms with Crippen LogP contribution in [-0.2, 0) is 9.16 Å². The van der Waals surface area contributed by atoms with Gasteiger partial charge in [0.25, 0.3) is 8.32 Å². The van der Waals surface area contributed by atoms with E-state index in [2.05, 4.69) is 69.3 Å². The molecular weight excluding hydrogens is 392 g/mol. The lowest BCUT2D eigenvalue weighted by molar-refractivity contribution is -0.108. The minimum atomic E-state index is -2.64. The van der Waals surface area contributed by atoms with E-state index < -0.39 is 20.5 Å². The van der Waals surface area contributed by atoms with Crippen molar-refractivity contribution < 1.29 is 19.4 Å². The Balaban J connectivity index is 1.97. The average molecular weight is 427 g/mol. The third-order valence-electron chi connectivity index (χ3n) is 5.82. The van der Waals surface area contributed by atoms with Gasteiger partial charge in [0.1, 0.15) is 6.10 Å². The Morgan fingerprint density at radius 1 is 0.933 bits per heavy atom. The Hall–Kier alpha value is -1.76. The molecule has 0 aliphatic carbocycles. The van der Waals surface area contributed by atoms with E-state index in [4.69, 9.17) is 9.16 Å². The van der Waals surface area contributed by atoms with Crippen LogP contribution in [0.15, 0.2) is 72.8 Å². The molecular formula is C25H34O4Si. The van der Waals surface area contributed by atoms with Gasteiger partial charge in [-0.15, -0.1) is 0 Å². The van der Waals surface area contributed by atoms with Crippen LogP contribution in [0.25, 0.3) is 0 Å². The predicted octanol–water partition coefficient (Wildman–Crippen LogP) is 3.02. The van der Waals surface area contributed by atoms with Crippen molar-refractivity contribution in [3.63, 3.8) is 0 Å². The van der Waals surface area contributed by atoms with Gasteiger partial charge >= 0.3 is 0 Å². The predicted molar refractivity (Wildman–Crippen MR) is 124 cm³/mol. The highest BCUT2D eigenvalue weighted by atomic mass is 28.4. The SMILES string of the molecule is CC(C)(C)[Si](OC[C@H]1C/C=C\C[C@@H](O)[C@H](CO)O1)(c1ccccc1)c1ccccc1. The van der Waals surface area contributed by atoms with Crippen molar-refractivity contribution in [1.29, 1.82) is 0 Å². The standard InChI is InChI=1S/C25H34O4Si/c1-25(2,3)30(21-13-6-4-7-14-21,22-15-8-5-9-16-22)28-19-20-12-10-11-17-23(27)24(18-26)29-20/h4-11,13-16,20,23-24,26-27H,12,17-19H2,1-3H3/b11-10-/t20-,23-,24+/m1/s1. The van der Waals surface area contributed by atoms with Gasteiger partial charge < -0.3 is 19.4 Å². The summed E-state index contributed by atoms with van der Waals surface area (Å²) in [6, 6.07) is 21.0. The molecule has 1 aliphatic rings. The minimum Gasteiger partial charge on any atom is -0.405 e. The Morgan fingerprint density at radius 2 is 1.47 bits per heavy atom. The molecule has 3 atom stereocenters. The monoisotopic (exact) mass is 426 g/mol. The van der Waals surface area contributed by atoms with E-state index in [1.807, 2.05) is 24.3 Å². The fraction of sp³-hybridized carbons (Fsp3) is 0.440. The van der Waals surface area contributed by atoms with Crippen LogP contribution in [0.4, 0.5) is 0 Å². The molecule has 0 bridgehead atoms. The molecule has 2 aromatic rings. The zero-order valence-electron chi connectivity index (χ0n) is 18.2. The molecule has 1 heterocycles. The maximum absolute atomic E-state index is 10.2. The molecule has 4 nitrogen and oxygen atoms in total. The topological polar surface area (TPSA) is 58.9 Å². The van der Waals surface area contributed by atoms with Gasteiger partial charge in [0.15, 0.2) is 0 Å². The van der Waals surface area contributed by atoms with Crippen molar-refractivity contribution in [1.82, 2.24) is 0 Å².